The van der Waals surface area contributed by atoms with Crippen molar-refractivity contribution in [2.24, 2.45) is 0 Å². The third kappa shape index (κ3) is 2.31. The number of carbonyl (C=O) groups excluding carboxylic acids is 1. The molecule has 0 bridgehead atoms. The van der Waals surface area contributed by atoms with Crippen LogP contribution in [-0.2, 0) is 11.2 Å². The number of hydrogen-bond donors (Lipinski definition) is 2. The number of hydrogen-bond acceptors (Lipinski definition) is 2. The highest BCUT2D eigenvalue weighted by Gasteiger charge is 2.28. The van der Waals surface area contributed by atoms with E-state index in [0.29, 0.717) is 6.04 Å². The van der Waals surface area contributed by atoms with E-state index in [1.807, 2.05) is 0 Å². The summed E-state index contributed by atoms with van der Waals surface area (Å²) in [6.07, 6.45) is 4.22. The molecule has 96 valence electrons. The zero-order chi connectivity index (χ0) is 12.5. The van der Waals surface area contributed by atoms with Crippen LogP contribution in [0.25, 0.3) is 0 Å². The Morgan fingerprint density at radius 1 is 1.28 bits per heavy atom. The predicted octanol–water partition coefficient (Wildman–Crippen LogP) is 2.30. The molecule has 0 aromatic heterocycles. The zero-order valence-corrected chi connectivity index (χ0v) is 11.8. The standard InChI is InChI=1S/C14H17BrN2O/c15-10-4-5-11-9(8-10)3-6-12(11)17-13-2-1-7-16-14(13)18/h4-5,8,12-13,17H,1-3,6-7H2,(H,16,18). The highest BCUT2D eigenvalue weighted by Crippen LogP contribution is 2.33. The second-order valence-electron chi connectivity index (χ2n) is 5.09. The average molecular weight is 309 g/mol. The Morgan fingerprint density at radius 3 is 3.00 bits per heavy atom. The summed E-state index contributed by atoms with van der Waals surface area (Å²) in [5.74, 6) is 0.159. The molecule has 2 unspecified atom stereocenters. The number of piperidine rings is 1. The molecule has 2 N–H and O–H groups in total. The maximum absolute atomic E-state index is 11.8. The van der Waals surface area contributed by atoms with Gasteiger partial charge in [-0.2, -0.15) is 0 Å². The van der Waals surface area contributed by atoms with Gasteiger partial charge in [0.25, 0.3) is 0 Å². The fourth-order valence-electron chi connectivity index (χ4n) is 2.93. The Bertz CT molecular complexity index is 475. The summed E-state index contributed by atoms with van der Waals surface area (Å²) < 4.78 is 1.14. The molecule has 0 radical (unpaired) electrons. The van der Waals surface area contributed by atoms with E-state index in [-0.39, 0.29) is 11.9 Å². The second kappa shape index (κ2) is 5.02. The van der Waals surface area contributed by atoms with Gasteiger partial charge < -0.3 is 5.32 Å². The van der Waals surface area contributed by atoms with E-state index >= 15 is 0 Å². The maximum atomic E-state index is 11.8. The first kappa shape index (κ1) is 12.2. The molecule has 1 aliphatic heterocycles. The summed E-state index contributed by atoms with van der Waals surface area (Å²) in [4.78, 5) is 11.8. The smallest absolute Gasteiger partial charge is 0.237 e. The summed E-state index contributed by atoms with van der Waals surface area (Å²) in [7, 11) is 0. The van der Waals surface area contributed by atoms with Gasteiger partial charge in [-0.15, -0.1) is 0 Å². The van der Waals surface area contributed by atoms with Crippen LogP contribution >= 0.6 is 15.9 Å². The minimum Gasteiger partial charge on any atom is -0.355 e. The van der Waals surface area contributed by atoms with Crippen LogP contribution in [0.1, 0.15) is 36.4 Å². The quantitative estimate of drug-likeness (QED) is 0.880. The molecule has 3 rings (SSSR count). The lowest BCUT2D eigenvalue weighted by atomic mass is 10.0. The van der Waals surface area contributed by atoms with Crippen LogP contribution in [-0.4, -0.2) is 18.5 Å². The molecule has 2 atom stereocenters. The molecule has 0 saturated carbocycles. The van der Waals surface area contributed by atoms with Gasteiger partial charge in [0.1, 0.15) is 0 Å². The third-order valence-electron chi connectivity index (χ3n) is 3.87. The zero-order valence-electron chi connectivity index (χ0n) is 10.2. The lowest BCUT2D eigenvalue weighted by Gasteiger charge is -2.26. The van der Waals surface area contributed by atoms with E-state index in [9.17, 15) is 4.79 Å². The number of rotatable bonds is 2. The van der Waals surface area contributed by atoms with Crippen molar-refractivity contribution in [1.29, 1.82) is 0 Å². The first-order valence-electron chi connectivity index (χ1n) is 6.56. The van der Waals surface area contributed by atoms with E-state index in [1.165, 1.54) is 11.1 Å². The largest absolute Gasteiger partial charge is 0.355 e. The highest BCUT2D eigenvalue weighted by molar-refractivity contribution is 9.10. The van der Waals surface area contributed by atoms with Crippen LogP contribution in [0.4, 0.5) is 0 Å². The minimum atomic E-state index is -0.0154. The molecule has 4 heteroatoms. The Morgan fingerprint density at radius 2 is 2.17 bits per heavy atom. The van der Waals surface area contributed by atoms with Gasteiger partial charge >= 0.3 is 0 Å². The van der Waals surface area contributed by atoms with Crippen LogP contribution in [0.2, 0.25) is 0 Å². The number of nitrogens with one attached hydrogen (secondary N) is 2. The Kier molecular flexibility index (Phi) is 3.39. The number of amides is 1. The Hall–Kier alpha value is -0.870. The molecular formula is C14H17BrN2O. The fraction of sp³-hybridized carbons (Fsp3) is 0.500. The number of aryl methyl sites for hydroxylation is 1. The molecule has 18 heavy (non-hydrogen) atoms. The van der Waals surface area contributed by atoms with Crippen LogP contribution in [0.15, 0.2) is 22.7 Å². The number of carbonyl (C=O) groups is 1. The van der Waals surface area contributed by atoms with Gasteiger partial charge in [0.2, 0.25) is 5.91 Å². The Balaban J connectivity index is 1.74. The first-order valence-corrected chi connectivity index (χ1v) is 7.35. The predicted molar refractivity (Wildman–Crippen MR) is 74.4 cm³/mol. The summed E-state index contributed by atoms with van der Waals surface area (Å²) in [6.45, 7) is 0.825. The average Bonchev–Trinajstić information content (AvgIpc) is 2.74. The molecule has 1 saturated heterocycles. The van der Waals surface area contributed by atoms with Crippen molar-refractivity contribution in [2.75, 3.05) is 6.54 Å². The van der Waals surface area contributed by atoms with Crippen molar-refractivity contribution >= 4 is 21.8 Å². The van der Waals surface area contributed by atoms with E-state index in [2.05, 4.69) is 44.8 Å². The molecule has 1 fully saturated rings. The highest BCUT2D eigenvalue weighted by atomic mass is 79.9. The first-order chi connectivity index (χ1) is 8.74. The molecule has 1 aromatic rings. The van der Waals surface area contributed by atoms with Gasteiger partial charge in [0.15, 0.2) is 0 Å². The number of benzene rings is 1. The lowest BCUT2D eigenvalue weighted by Crippen LogP contribution is -2.49. The molecule has 1 heterocycles. The molecule has 1 aliphatic carbocycles. The van der Waals surface area contributed by atoms with E-state index < -0.39 is 0 Å². The second-order valence-corrected chi connectivity index (χ2v) is 6.00. The van der Waals surface area contributed by atoms with Crippen LogP contribution in [0.5, 0.6) is 0 Å². The molecule has 2 aliphatic rings. The molecule has 1 aromatic carbocycles. The molecule has 0 spiro atoms. The SMILES string of the molecule is O=C1NCCCC1NC1CCc2cc(Br)ccc21. The summed E-state index contributed by atoms with van der Waals surface area (Å²) in [5.41, 5.74) is 2.76. The molecule has 3 nitrogen and oxygen atoms in total. The van der Waals surface area contributed by atoms with Crippen molar-refractivity contribution in [2.45, 2.75) is 37.8 Å². The van der Waals surface area contributed by atoms with Gasteiger partial charge in [-0.3, -0.25) is 10.1 Å². The summed E-state index contributed by atoms with van der Waals surface area (Å²) in [5, 5.41) is 6.45. The third-order valence-corrected chi connectivity index (χ3v) is 4.36. The normalized spacial score (nSPS) is 26.8. The van der Waals surface area contributed by atoms with Crippen LogP contribution in [0, 0.1) is 0 Å². The Labute approximate surface area is 115 Å². The molecular weight excluding hydrogens is 292 g/mol. The number of halogens is 1. The monoisotopic (exact) mass is 308 g/mol. The van der Waals surface area contributed by atoms with Gasteiger partial charge in [-0.05, 0) is 48.9 Å². The van der Waals surface area contributed by atoms with E-state index in [1.54, 1.807) is 0 Å². The summed E-state index contributed by atoms with van der Waals surface area (Å²) >= 11 is 3.51. The topological polar surface area (TPSA) is 41.1 Å². The summed E-state index contributed by atoms with van der Waals surface area (Å²) in [6, 6.07) is 6.77. The fourth-order valence-corrected chi connectivity index (χ4v) is 3.34. The van der Waals surface area contributed by atoms with Gasteiger partial charge in [-0.1, -0.05) is 22.0 Å². The van der Waals surface area contributed by atoms with Crippen LogP contribution in [0.3, 0.4) is 0 Å². The van der Waals surface area contributed by atoms with Crippen molar-refractivity contribution in [1.82, 2.24) is 10.6 Å². The van der Waals surface area contributed by atoms with Crippen molar-refractivity contribution in [3.05, 3.63) is 33.8 Å². The number of fused-ring (bicyclic) bond motifs is 1. The van der Waals surface area contributed by atoms with Gasteiger partial charge in [0.05, 0.1) is 6.04 Å². The van der Waals surface area contributed by atoms with Crippen LogP contribution < -0.4 is 10.6 Å². The van der Waals surface area contributed by atoms with E-state index in [0.717, 1.165) is 36.7 Å². The van der Waals surface area contributed by atoms with Gasteiger partial charge in [0, 0.05) is 17.1 Å². The lowest BCUT2D eigenvalue weighted by molar-refractivity contribution is -0.124. The maximum Gasteiger partial charge on any atom is 0.237 e. The van der Waals surface area contributed by atoms with Gasteiger partial charge in [-0.25, -0.2) is 0 Å². The van der Waals surface area contributed by atoms with E-state index in [4.69, 9.17) is 0 Å². The van der Waals surface area contributed by atoms with Crippen molar-refractivity contribution in [3.63, 3.8) is 0 Å². The van der Waals surface area contributed by atoms with Crippen molar-refractivity contribution in [3.8, 4) is 0 Å². The molecule has 1 amide bonds. The van der Waals surface area contributed by atoms with Crippen molar-refractivity contribution < 1.29 is 4.79 Å². The minimum absolute atomic E-state index is 0.0154.